The molecule has 0 rings (SSSR count). The van der Waals surface area contributed by atoms with Crippen LogP contribution >= 0.6 is 0 Å². The van der Waals surface area contributed by atoms with Crippen molar-refractivity contribution in [2.24, 2.45) is 0 Å². The molecule has 0 radical (unpaired) electrons. The van der Waals surface area contributed by atoms with Crippen molar-refractivity contribution in [1.82, 2.24) is 0 Å². The molecule has 0 unspecified atom stereocenters. The molecule has 0 saturated heterocycles. The first-order chi connectivity index (χ1) is 0. The average Bonchev–Trinajstić information content (AvgIpc) is 0. The standard InChI is InChI=1S/7Cr.Ni. The largest absolute Gasteiger partial charge is 0 e. The van der Waals surface area contributed by atoms with Gasteiger partial charge in [-0.15, -0.1) is 0 Å². The van der Waals surface area contributed by atoms with Crippen LogP contribution in [0.4, 0.5) is 0 Å². The molecule has 0 spiro atoms. The Balaban J connectivity index is 0. The predicted octanol–water partition coefficient (Wildman–Crippen LogP) is -0.0200. The number of hydrogen-bond acceptors (Lipinski definition) is 0. The third kappa shape index (κ3) is 48.8. The van der Waals surface area contributed by atoms with Gasteiger partial charge in [0.25, 0.3) is 0 Å². The normalized spacial score (nSPS) is 0. The minimum absolute atomic E-state index is 0. The van der Waals surface area contributed by atoms with E-state index >= 15 is 0 Å². The molecule has 0 aromatic rings. The Morgan fingerprint density at radius 3 is 0.250 bits per heavy atom. The first-order valence-corrected chi connectivity index (χ1v) is 0. The van der Waals surface area contributed by atoms with Gasteiger partial charge in [-0.1, -0.05) is 0 Å². The number of rotatable bonds is 0. The maximum absolute atomic E-state index is 0. The molecule has 0 fully saturated rings. The zero-order valence-electron chi connectivity index (χ0n) is 3.17. The molecule has 8 heteroatoms. The van der Waals surface area contributed by atoms with Crippen LogP contribution in [0.25, 0.3) is 0 Å². The molecular formula is Cr7Ni. The van der Waals surface area contributed by atoms with E-state index in [1.54, 1.807) is 0 Å². The Morgan fingerprint density at radius 2 is 0.250 bits per heavy atom. The van der Waals surface area contributed by atoms with Crippen molar-refractivity contribution in [3.8, 4) is 0 Å². The summed E-state index contributed by atoms with van der Waals surface area (Å²) in [4.78, 5) is 0. The van der Waals surface area contributed by atoms with Crippen molar-refractivity contribution in [1.29, 1.82) is 0 Å². The monoisotopic (exact) mass is 422 g/mol. The molecule has 0 saturated carbocycles. The molecule has 0 heterocycles. The zero-order valence-corrected chi connectivity index (χ0v) is 13.1. The van der Waals surface area contributed by atoms with E-state index in [2.05, 4.69) is 0 Å². The predicted molar refractivity (Wildman–Crippen MR) is 0 cm³/mol. The van der Waals surface area contributed by atoms with Crippen LogP contribution in [0.5, 0.6) is 0 Å². The van der Waals surface area contributed by atoms with Gasteiger partial charge in [0.2, 0.25) is 0 Å². The molecule has 0 amide bonds. The Hall–Kier alpha value is 4.22. The summed E-state index contributed by atoms with van der Waals surface area (Å²) in [6.07, 6.45) is 0. The first kappa shape index (κ1) is 86.4. The Morgan fingerprint density at radius 1 is 0.250 bits per heavy atom. The third-order valence-corrected chi connectivity index (χ3v) is 0. The van der Waals surface area contributed by atoms with Crippen molar-refractivity contribution in [2.45, 2.75) is 0 Å². The smallest absolute Gasteiger partial charge is 0 e. The van der Waals surface area contributed by atoms with Crippen LogP contribution in [-0.4, -0.2) is 0 Å². The van der Waals surface area contributed by atoms with Crippen molar-refractivity contribution in [3.63, 3.8) is 0 Å². The summed E-state index contributed by atoms with van der Waals surface area (Å²) < 4.78 is 0. The molecule has 0 aromatic heterocycles. The van der Waals surface area contributed by atoms with Crippen molar-refractivity contribution in [2.75, 3.05) is 0 Å². The van der Waals surface area contributed by atoms with Gasteiger partial charge in [-0.25, -0.2) is 0 Å². The second-order valence-electron chi connectivity index (χ2n) is 0. The van der Waals surface area contributed by atoms with Gasteiger partial charge in [0.15, 0.2) is 0 Å². The zero-order chi connectivity index (χ0) is 0. The fourth-order valence-corrected chi connectivity index (χ4v) is 0. The van der Waals surface area contributed by atoms with Crippen LogP contribution in [-0.2, 0) is 138 Å². The minimum atomic E-state index is 0. The van der Waals surface area contributed by atoms with E-state index in [1.165, 1.54) is 0 Å². The van der Waals surface area contributed by atoms with Gasteiger partial charge in [-0.2, -0.15) is 0 Å². The van der Waals surface area contributed by atoms with E-state index in [1.807, 2.05) is 0 Å². The van der Waals surface area contributed by atoms with E-state index in [-0.39, 0.29) is 138 Å². The summed E-state index contributed by atoms with van der Waals surface area (Å²) in [5.74, 6) is 0. The molecule has 0 aliphatic heterocycles. The molecule has 0 aliphatic carbocycles. The van der Waals surface area contributed by atoms with Crippen LogP contribution in [0.3, 0.4) is 0 Å². The molecule has 0 aromatic carbocycles. The summed E-state index contributed by atoms with van der Waals surface area (Å²) in [6, 6.07) is 0. The maximum atomic E-state index is 0. The van der Waals surface area contributed by atoms with Gasteiger partial charge in [-0.05, 0) is 0 Å². The Bertz CT molecular complexity index is 4.35. The molecule has 52 valence electrons. The molecule has 0 aliphatic rings. The van der Waals surface area contributed by atoms with E-state index in [0.29, 0.717) is 0 Å². The molecule has 0 nitrogen and oxygen atoms in total. The van der Waals surface area contributed by atoms with Crippen LogP contribution in [0.15, 0.2) is 0 Å². The van der Waals surface area contributed by atoms with Crippen molar-refractivity contribution in [3.05, 3.63) is 0 Å². The summed E-state index contributed by atoms with van der Waals surface area (Å²) >= 11 is 0. The Kier molecular flexibility index (Phi) is 710. The van der Waals surface area contributed by atoms with Gasteiger partial charge >= 0.3 is 0 Å². The average molecular weight is 423 g/mol. The summed E-state index contributed by atoms with van der Waals surface area (Å²) in [5.41, 5.74) is 0. The van der Waals surface area contributed by atoms with Crippen LogP contribution in [0, 0.1) is 0 Å². The SMILES string of the molecule is [Cr].[Cr].[Cr].[Cr].[Cr].[Cr].[Cr].[Ni]. The summed E-state index contributed by atoms with van der Waals surface area (Å²) in [6.45, 7) is 0. The molecular weight excluding hydrogens is 423 g/mol. The van der Waals surface area contributed by atoms with Gasteiger partial charge in [0.1, 0.15) is 0 Å². The molecule has 0 N–H and O–H groups in total. The van der Waals surface area contributed by atoms with Gasteiger partial charge in [-0.3, -0.25) is 0 Å². The second kappa shape index (κ2) is 65.8. The van der Waals surface area contributed by atoms with E-state index in [9.17, 15) is 0 Å². The fraction of sp³-hybridized carbons (Fsp3) is 0. The number of hydrogen-bond donors (Lipinski definition) is 0. The van der Waals surface area contributed by atoms with Gasteiger partial charge in [0.05, 0.1) is 0 Å². The van der Waals surface area contributed by atoms with E-state index in [4.69, 9.17) is 0 Å². The molecule has 0 bridgehead atoms. The van der Waals surface area contributed by atoms with E-state index in [0.717, 1.165) is 0 Å². The quantitative estimate of drug-likeness (QED) is 0.482. The first-order valence-electron chi connectivity index (χ1n) is 0. The second-order valence-corrected chi connectivity index (χ2v) is 0. The fourth-order valence-electron chi connectivity index (χ4n) is 0. The van der Waals surface area contributed by atoms with Gasteiger partial charge < -0.3 is 0 Å². The minimum Gasteiger partial charge on any atom is 0 e. The van der Waals surface area contributed by atoms with Crippen molar-refractivity contribution >= 4 is 0 Å². The molecule has 0 atom stereocenters. The van der Waals surface area contributed by atoms with Crippen LogP contribution in [0.1, 0.15) is 0 Å². The molecule has 8 heavy (non-hydrogen) atoms. The van der Waals surface area contributed by atoms with Gasteiger partial charge in [0, 0.05) is 138 Å². The topological polar surface area (TPSA) is 0 Å². The maximum Gasteiger partial charge on any atom is 0 e. The van der Waals surface area contributed by atoms with Crippen LogP contribution < -0.4 is 0 Å². The van der Waals surface area contributed by atoms with Crippen molar-refractivity contribution < 1.29 is 138 Å². The van der Waals surface area contributed by atoms with E-state index < -0.39 is 0 Å². The van der Waals surface area contributed by atoms with Crippen LogP contribution in [0.2, 0.25) is 0 Å². The summed E-state index contributed by atoms with van der Waals surface area (Å²) in [5, 5.41) is 0. The summed E-state index contributed by atoms with van der Waals surface area (Å²) in [7, 11) is 0. The Labute approximate surface area is 136 Å². The third-order valence-electron chi connectivity index (χ3n) is 0.